The van der Waals surface area contributed by atoms with Crippen LogP contribution in [0.2, 0.25) is 0 Å². The molecule has 2 rings (SSSR count). The maximum Gasteiger partial charge on any atom is 0.270 e. The number of anilines is 1. The first-order chi connectivity index (χ1) is 8.56. The van der Waals surface area contributed by atoms with Gasteiger partial charge in [-0.25, -0.2) is 4.98 Å². The lowest BCUT2D eigenvalue weighted by Crippen LogP contribution is -2.08. The molecule has 0 atom stereocenters. The highest BCUT2D eigenvalue weighted by atomic mass is 32.1. The molecule has 1 N–H and O–H groups in total. The van der Waals surface area contributed by atoms with E-state index in [0.717, 1.165) is 16.4 Å². The van der Waals surface area contributed by atoms with Crippen molar-refractivity contribution in [2.45, 2.75) is 19.9 Å². The largest absolute Gasteiger partial charge is 0.359 e. The zero-order valence-corrected chi connectivity index (χ0v) is 10.9. The van der Waals surface area contributed by atoms with Crippen LogP contribution in [0.5, 0.6) is 0 Å². The van der Waals surface area contributed by atoms with E-state index in [-0.39, 0.29) is 5.69 Å². The number of hydrogen-bond acceptors (Lipinski definition) is 5. The third-order valence-electron chi connectivity index (χ3n) is 2.27. The summed E-state index contributed by atoms with van der Waals surface area (Å²) in [5, 5.41) is 16.6. The number of nitro benzene ring substituents is 1. The van der Waals surface area contributed by atoms with Gasteiger partial charge in [-0.05, 0) is 13.8 Å². The molecule has 0 saturated carbocycles. The average Bonchev–Trinajstić information content (AvgIpc) is 2.77. The molecule has 0 aliphatic rings. The first-order valence-corrected chi connectivity index (χ1v) is 6.41. The first-order valence-electron chi connectivity index (χ1n) is 5.53. The van der Waals surface area contributed by atoms with E-state index in [2.05, 4.69) is 10.3 Å². The molecule has 5 nitrogen and oxygen atoms in total. The highest BCUT2D eigenvalue weighted by Gasteiger charge is 2.10. The van der Waals surface area contributed by atoms with Gasteiger partial charge in [-0.2, -0.15) is 0 Å². The summed E-state index contributed by atoms with van der Waals surface area (Å²) in [5.41, 5.74) is 1.60. The Bertz CT molecular complexity index is 566. The maximum atomic E-state index is 10.7. The summed E-state index contributed by atoms with van der Waals surface area (Å²) in [6.45, 7) is 4.07. The predicted octanol–water partition coefficient (Wildman–Crippen LogP) is 3.54. The van der Waals surface area contributed by atoms with Gasteiger partial charge in [-0.15, -0.1) is 11.3 Å². The van der Waals surface area contributed by atoms with E-state index in [9.17, 15) is 10.1 Å². The Morgan fingerprint density at radius 1 is 1.44 bits per heavy atom. The molecule has 0 spiro atoms. The van der Waals surface area contributed by atoms with Gasteiger partial charge in [0, 0.05) is 29.1 Å². The predicted molar refractivity (Wildman–Crippen MR) is 73.0 cm³/mol. The monoisotopic (exact) mass is 263 g/mol. The zero-order valence-electron chi connectivity index (χ0n) is 10.1. The summed E-state index contributed by atoms with van der Waals surface area (Å²) in [6.07, 6.45) is 0. The number of aromatic nitrogens is 1. The third-order valence-corrected chi connectivity index (χ3v) is 3.04. The molecule has 0 radical (unpaired) electrons. The van der Waals surface area contributed by atoms with Crippen LogP contribution in [0.15, 0.2) is 29.6 Å². The topological polar surface area (TPSA) is 68.1 Å². The molecule has 0 aliphatic carbocycles. The minimum atomic E-state index is -0.400. The van der Waals surface area contributed by atoms with Crippen molar-refractivity contribution < 1.29 is 4.92 Å². The van der Waals surface area contributed by atoms with E-state index in [1.165, 1.54) is 23.5 Å². The Morgan fingerprint density at radius 2 is 2.22 bits per heavy atom. The second-order valence-corrected chi connectivity index (χ2v) is 5.00. The molecule has 0 unspecified atom stereocenters. The molecule has 1 aromatic carbocycles. The number of non-ortho nitro benzene ring substituents is 1. The number of nitrogens with one attached hydrogen (secondary N) is 1. The van der Waals surface area contributed by atoms with Gasteiger partial charge in [0.15, 0.2) is 5.13 Å². The quantitative estimate of drug-likeness (QED) is 0.676. The highest BCUT2D eigenvalue weighted by Crippen LogP contribution is 2.27. The Hall–Kier alpha value is -1.95. The van der Waals surface area contributed by atoms with Crippen molar-refractivity contribution in [2.75, 3.05) is 5.32 Å². The Balaban J connectivity index is 2.28. The average molecular weight is 263 g/mol. The molecular formula is C12H13N3O2S. The van der Waals surface area contributed by atoms with E-state index in [0.29, 0.717) is 6.04 Å². The molecule has 1 aromatic heterocycles. The van der Waals surface area contributed by atoms with Gasteiger partial charge in [-0.1, -0.05) is 12.1 Å². The molecule has 0 aliphatic heterocycles. The van der Waals surface area contributed by atoms with Gasteiger partial charge in [0.25, 0.3) is 5.69 Å². The SMILES string of the molecule is CC(C)Nc1nc(-c2cccc([N+](=O)[O-])c2)cs1. The molecule has 0 amide bonds. The number of nitrogens with zero attached hydrogens (tertiary/aromatic N) is 2. The fraction of sp³-hybridized carbons (Fsp3) is 0.250. The number of benzene rings is 1. The van der Waals surface area contributed by atoms with Crippen LogP contribution in [0, 0.1) is 10.1 Å². The lowest BCUT2D eigenvalue weighted by molar-refractivity contribution is -0.384. The lowest BCUT2D eigenvalue weighted by Gasteiger charge is -2.04. The van der Waals surface area contributed by atoms with E-state index in [4.69, 9.17) is 0 Å². The van der Waals surface area contributed by atoms with Crippen LogP contribution in [-0.2, 0) is 0 Å². The van der Waals surface area contributed by atoms with E-state index in [1.807, 2.05) is 25.3 Å². The second-order valence-electron chi connectivity index (χ2n) is 4.14. The van der Waals surface area contributed by atoms with Gasteiger partial charge in [0.05, 0.1) is 10.6 Å². The molecule has 0 bridgehead atoms. The van der Waals surface area contributed by atoms with Crippen molar-refractivity contribution in [3.05, 3.63) is 39.8 Å². The summed E-state index contributed by atoms with van der Waals surface area (Å²) in [5.74, 6) is 0. The van der Waals surface area contributed by atoms with Crippen molar-refractivity contribution in [3.8, 4) is 11.3 Å². The van der Waals surface area contributed by atoms with Gasteiger partial charge in [-0.3, -0.25) is 10.1 Å². The normalized spacial score (nSPS) is 10.6. The summed E-state index contributed by atoms with van der Waals surface area (Å²) in [4.78, 5) is 14.7. The van der Waals surface area contributed by atoms with Gasteiger partial charge < -0.3 is 5.32 Å². The number of thiazole rings is 1. The second kappa shape index (κ2) is 5.14. The highest BCUT2D eigenvalue weighted by molar-refractivity contribution is 7.14. The van der Waals surface area contributed by atoms with Gasteiger partial charge in [0.1, 0.15) is 0 Å². The number of hydrogen-bond donors (Lipinski definition) is 1. The number of nitro groups is 1. The molecule has 94 valence electrons. The Morgan fingerprint density at radius 3 is 2.89 bits per heavy atom. The molecule has 0 saturated heterocycles. The molecule has 0 fully saturated rings. The van der Waals surface area contributed by atoms with E-state index < -0.39 is 4.92 Å². The summed E-state index contributed by atoms with van der Waals surface area (Å²) >= 11 is 1.49. The van der Waals surface area contributed by atoms with Crippen LogP contribution in [0.4, 0.5) is 10.8 Å². The molecule has 2 aromatic rings. The summed E-state index contributed by atoms with van der Waals surface area (Å²) in [7, 11) is 0. The minimum Gasteiger partial charge on any atom is -0.359 e. The van der Waals surface area contributed by atoms with E-state index >= 15 is 0 Å². The third kappa shape index (κ3) is 2.84. The smallest absolute Gasteiger partial charge is 0.270 e. The van der Waals surface area contributed by atoms with Crippen LogP contribution in [0.25, 0.3) is 11.3 Å². The minimum absolute atomic E-state index is 0.0823. The number of rotatable bonds is 4. The van der Waals surface area contributed by atoms with Crippen LogP contribution < -0.4 is 5.32 Å². The molecule has 18 heavy (non-hydrogen) atoms. The molecule has 1 heterocycles. The Labute approximate surface area is 109 Å². The van der Waals surface area contributed by atoms with Crippen LogP contribution >= 0.6 is 11.3 Å². The van der Waals surface area contributed by atoms with Crippen LogP contribution in [0.3, 0.4) is 0 Å². The van der Waals surface area contributed by atoms with Crippen molar-refractivity contribution in [1.82, 2.24) is 4.98 Å². The Kier molecular flexibility index (Phi) is 3.57. The summed E-state index contributed by atoms with van der Waals surface area (Å²) < 4.78 is 0. The van der Waals surface area contributed by atoms with Gasteiger partial charge >= 0.3 is 0 Å². The molecular weight excluding hydrogens is 250 g/mol. The van der Waals surface area contributed by atoms with Gasteiger partial charge in [0.2, 0.25) is 0 Å². The maximum absolute atomic E-state index is 10.7. The first kappa shape index (κ1) is 12.5. The van der Waals surface area contributed by atoms with Crippen LogP contribution in [0.1, 0.15) is 13.8 Å². The van der Waals surface area contributed by atoms with Crippen molar-refractivity contribution in [2.24, 2.45) is 0 Å². The standard InChI is InChI=1S/C12H13N3O2S/c1-8(2)13-12-14-11(7-18-12)9-4-3-5-10(6-9)15(16)17/h3-8H,1-2H3,(H,13,14). The fourth-order valence-corrected chi connectivity index (χ4v) is 2.37. The van der Waals surface area contributed by atoms with E-state index in [1.54, 1.807) is 6.07 Å². The van der Waals surface area contributed by atoms with Crippen molar-refractivity contribution >= 4 is 22.2 Å². The fourth-order valence-electron chi connectivity index (χ4n) is 1.50. The molecule has 6 heteroatoms. The van der Waals surface area contributed by atoms with Crippen molar-refractivity contribution in [3.63, 3.8) is 0 Å². The van der Waals surface area contributed by atoms with Crippen LogP contribution in [-0.4, -0.2) is 15.9 Å². The zero-order chi connectivity index (χ0) is 13.1. The lowest BCUT2D eigenvalue weighted by atomic mass is 10.1. The van der Waals surface area contributed by atoms with Crippen molar-refractivity contribution in [1.29, 1.82) is 0 Å². The summed E-state index contributed by atoms with van der Waals surface area (Å²) in [6, 6.07) is 6.81.